The molecule has 0 unspecified atom stereocenters. The minimum absolute atomic E-state index is 0.322. The first-order valence-electron chi connectivity index (χ1n) is 7.44. The number of aliphatic hydroxyl groups is 1. The number of aryl methyl sites for hydroxylation is 2. The van der Waals surface area contributed by atoms with E-state index in [0.717, 1.165) is 16.9 Å². The van der Waals surface area contributed by atoms with Gasteiger partial charge in [0.15, 0.2) is 0 Å². The van der Waals surface area contributed by atoms with Crippen molar-refractivity contribution in [3.05, 3.63) is 28.8 Å². The Morgan fingerprint density at radius 2 is 1.70 bits per heavy atom. The summed E-state index contributed by atoms with van der Waals surface area (Å²) in [6.45, 7) is 13.5. The largest absolute Gasteiger partial charge is 0.490 e. The topological polar surface area (TPSA) is 41.5 Å². The molecule has 0 amide bonds. The lowest BCUT2D eigenvalue weighted by Gasteiger charge is -2.21. The number of benzene rings is 1. The molecule has 0 heterocycles. The first-order chi connectivity index (χ1) is 9.32. The fraction of sp³-hybridized carbons (Fsp3) is 0.647. The van der Waals surface area contributed by atoms with E-state index < -0.39 is 6.10 Å². The van der Waals surface area contributed by atoms with Crippen LogP contribution in [-0.2, 0) is 0 Å². The second kappa shape index (κ2) is 7.65. The highest BCUT2D eigenvalue weighted by molar-refractivity contribution is 5.44. The minimum Gasteiger partial charge on any atom is -0.490 e. The van der Waals surface area contributed by atoms with Crippen molar-refractivity contribution in [2.24, 2.45) is 5.92 Å². The molecule has 20 heavy (non-hydrogen) atoms. The van der Waals surface area contributed by atoms with Crippen LogP contribution in [-0.4, -0.2) is 30.4 Å². The number of nitrogens with one attached hydrogen (secondary N) is 1. The maximum Gasteiger partial charge on any atom is 0.125 e. The molecule has 1 rings (SSSR count). The van der Waals surface area contributed by atoms with Crippen LogP contribution in [0.15, 0.2) is 12.1 Å². The van der Waals surface area contributed by atoms with E-state index in [0.29, 0.717) is 25.1 Å². The number of aliphatic hydroxyl groups excluding tert-OH is 1. The van der Waals surface area contributed by atoms with Crippen molar-refractivity contribution < 1.29 is 9.84 Å². The lowest BCUT2D eigenvalue weighted by molar-refractivity contribution is 0.102. The molecule has 2 atom stereocenters. The molecule has 0 saturated heterocycles. The highest BCUT2D eigenvalue weighted by Gasteiger charge is 2.12. The fourth-order valence-corrected chi connectivity index (χ4v) is 1.94. The zero-order valence-corrected chi connectivity index (χ0v) is 13.7. The van der Waals surface area contributed by atoms with Gasteiger partial charge in [-0.2, -0.15) is 0 Å². The molecule has 0 aliphatic carbocycles. The standard InChI is InChI=1S/C17H29NO2/c1-11(2)15(6)18-9-16(19)10-20-17-13(4)8-7-12(3)14(17)5/h7-8,11,15-16,18-19H,9-10H2,1-6H3/t15-,16+/m1/s1. The van der Waals surface area contributed by atoms with E-state index in [1.165, 1.54) is 5.56 Å². The number of hydrogen-bond donors (Lipinski definition) is 2. The molecule has 0 aromatic heterocycles. The first-order valence-corrected chi connectivity index (χ1v) is 7.44. The van der Waals surface area contributed by atoms with Crippen LogP contribution in [0.3, 0.4) is 0 Å². The molecule has 114 valence electrons. The maximum absolute atomic E-state index is 10.0. The molecule has 3 heteroatoms. The Balaban J connectivity index is 2.49. The van der Waals surface area contributed by atoms with Crippen molar-refractivity contribution in [3.63, 3.8) is 0 Å². The molecule has 1 aromatic carbocycles. The van der Waals surface area contributed by atoms with Gasteiger partial charge in [-0.05, 0) is 50.3 Å². The summed E-state index contributed by atoms with van der Waals surface area (Å²) >= 11 is 0. The zero-order valence-electron chi connectivity index (χ0n) is 13.7. The summed E-state index contributed by atoms with van der Waals surface area (Å²) in [5, 5.41) is 13.3. The molecule has 0 spiro atoms. The van der Waals surface area contributed by atoms with Crippen LogP contribution < -0.4 is 10.1 Å². The normalized spacial score (nSPS) is 14.4. The van der Waals surface area contributed by atoms with Crippen molar-refractivity contribution in [1.29, 1.82) is 0 Å². The fourth-order valence-electron chi connectivity index (χ4n) is 1.94. The van der Waals surface area contributed by atoms with Gasteiger partial charge in [0.2, 0.25) is 0 Å². The molecule has 1 aromatic rings. The van der Waals surface area contributed by atoms with Crippen molar-refractivity contribution in [2.75, 3.05) is 13.2 Å². The van der Waals surface area contributed by atoms with Gasteiger partial charge in [-0.1, -0.05) is 26.0 Å². The smallest absolute Gasteiger partial charge is 0.125 e. The second-order valence-electron chi connectivity index (χ2n) is 6.06. The van der Waals surface area contributed by atoms with Crippen LogP contribution in [0.5, 0.6) is 5.75 Å². The monoisotopic (exact) mass is 279 g/mol. The average Bonchev–Trinajstić information content (AvgIpc) is 2.40. The van der Waals surface area contributed by atoms with Crippen LogP contribution >= 0.6 is 0 Å². The Kier molecular flexibility index (Phi) is 6.50. The summed E-state index contributed by atoms with van der Waals surface area (Å²) in [6.07, 6.45) is -0.490. The molecule has 0 fully saturated rings. The maximum atomic E-state index is 10.0. The lowest BCUT2D eigenvalue weighted by Crippen LogP contribution is -2.39. The third kappa shape index (κ3) is 4.80. The minimum atomic E-state index is -0.490. The van der Waals surface area contributed by atoms with E-state index in [-0.39, 0.29) is 0 Å². The summed E-state index contributed by atoms with van der Waals surface area (Å²) in [5.41, 5.74) is 3.48. The number of hydrogen-bond acceptors (Lipinski definition) is 3. The van der Waals surface area contributed by atoms with E-state index in [2.05, 4.69) is 52.1 Å². The summed E-state index contributed by atoms with van der Waals surface area (Å²) in [4.78, 5) is 0. The zero-order chi connectivity index (χ0) is 15.3. The lowest BCUT2D eigenvalue weighted by atomic mass is 10.1. The molecular weight excluding hydrogens is 250 g/mol. The van der Waals surface area contributed by atoms with Gasteiger partial charge in [0.25, 0.3) is 0 Å². The van der Waals surface area contributed by atoms with Crippen molar-refractivity contribution in [3.8, 4) is 5.75 Å². The van der Waals surface area contributed by atoms with E-state index in [4.69, 9.17) is 4.74 Å². The predicted octanol–water partition coefficient (Wildman–Crippen LogP) is 2.99. The van der Waals surface area contributed by atoms with Gasteiger partial charge in [0, 0.05) is 12.6 Å². The highest BCUT2D eigenvalue weighted by Crippen LogP contribution is 2.25. The Labute approximate surface area is 123 Å². The van der Waals surface area contributed by atoms with E-state index in [9.17, 15) is 5.11 Å². The molecule has 0 aliphatic heterocycles. The van der Waals surface area contributed by atoms with Gasteiger partial charge in [-0.15, -0.1) is 0 Å². The van der Waals surface area contributed by atoms with Gasteiger partial charge >= 0.3 is 0 Å². The molecular formula is C17H29NO2. The average molecular weight is 279 g/mol. The van der Waals surface area contributed by atoms with Crippen LogP contribution in [0.25, 0.3) is 0 Å². The van der Waals surface area contributed by atoms with Gasteiger partial charge in [0.1, 0.15) is 18.5 Å². The molecule has 0 bridgehead atoms. The van der Waals surface area contributed by atoms with E-state index in [1.54, 1.807) is 0 Å². The highest BCUT2D eigenvalue weighted by atomic mass is 16.5. The third-order valence-electron chi connectivity index (χ3n) is 3.97. The van der Waals surface area contributed by atoms with E-state index in [1.807, 2.05) is 6.92 Å². The molecule has 0 radical (unpaired) electrons. The van der Waals surface area contributed by atoms with Crippen LogP contribution in [0, 0.1) is 26.7 Å². The second-order valence-corrected chi connectivity index (χ2v) is 6.06. The van der Waals surface area contributed by atoms with Crippen LogP contribution in [0.2, 0.25) is 0 Å². The Morgan fingerprint density at radius 3 is 2.30 bits per heavy atom. The Hall–Kier alpha value is -1.06. The first kappa shape index (κ1) is 17.0. The SMILES string of the molecule is Cc1ccc(C)c(OC[C@@H](O)CN[C@H](C)C(C)C)c1C. The molecule has 3 nitrogen and oxygen atoms in total. The van der Waals surface area contributed by atoms with E-state index >= 15 is 0 Å². The Morgan fingerprint density at radius 1 is 1.10 bits per heavy atom. The quantitative estimate of drug-likeness (QED) is 0.806. The molecule has 0 saturated carbocycles. The molecule has 0 aliphatic rings. The van der Waals surface area contributed by atoms with Gasteiger partial charge < -0.3 is 15.2 Å². The third-order valence-corrected chi connectivity index (χ3v) is 3.97. The van der Waals surface area contributed by atoms with Crippen LogP contribution in [0.4, 0.5) is 0 Å². The van der Waals surface area contributed by atoms with Gasteiger partial charge in [0.05, 0.1) is 0 Å². The summed E-state index contributed by atoms with van der Waals surface area (Å²) in [5.74, 6) is 1.46. The van der Waals surface area contributed by atoms with Crippen molar-refractivity contribution in [2.45, 2.75) is 53.7 Å². The summed E-state index contributed by atoms with van der Waals surface area (Å²) < 4.78 is 5.81. The van der Waals surface area contributed by atoms with Gasteiger partial charge in [-0.25, -0.2) is 0 Å². The summed E-state index contributed by atoms with van der Waals surface area (Å²) in [7, 11) is 0. The summed E-state index contributed by atoms with van der Waals surface area (Å²) in [6, 6.07) is 4.55. The van der Waals surface area contributed by atoms with Crippen LogP contribution in [0.1, 0.15) is 37.5 Å². The molecule has 2 N–H and O–H groups in total. The number of rotatable bonds is 7. The Bertz CT molecular complexity index is 429. The van der Waals surface area contributed by atoms with Crippen molar-refractivity contribution in [1.82, 2.24) is 5.32 Å². The van der Waals surface area contributed by atoms with Crippen molar-refractivity contribution >= 4 is 0 Å². The predicted molar refractivity (Wildman–Crippen MR) is 84.5 cm³/mol. The number of ether oxygens (including phenoxy) is 1. The van der Waals surface area contributed by atoms with Gasteiger partial charge in [-0.3, -0.25) is 0 Å².